The van der Waals surface area contributed by atoms with Crippen molar-refractivity contribution in [2.24, 2.45) is 0 Å². The molecule has 4 heteroatoms. The van der Waals surface area contributed by atoms with Gasteiger partial charge in [0.15, 0.2) is 0 Å². The van der Waals surface area contributed by atoms with Gasteiger partial charge in [-0.1, -0.05) is 40.5 Å². The number of unbranched alkanes of at least 4 members (excludes halogenated alkanes) is 2. The summed E-state index contributed by atoms with van der Waals surface area (Å²) in [6.07, 6.45) is 7.46. The van der Waals surface area contributed by atoms with Crippen molar-refractivity contribution in [3.63, 3.8) is 0 Å². The Morgan fingerprint density at radius 3 is 1.96 bits per heavy atom. The van der Waals surface area contributed by atoms with Crippen LogP contribution >= 0.6 is 0 Å². The van der Waals surface area contributed by atoms with Crippen molar-refractivity contribution < 1.29 is 19.1 Å². The molecule has 23 heavy (non-hydrogen) atoms. The van der Waals surface area contributed by atoms with Gasteiger partial charge in [0.25, 0.3) is 0 Å². The van der Waals surface area contributed by atoms with E-state index in [1.165, 1.54) is 0 Å². The molecule has 0 saturated carbocycles. The van der Waals surface area contributed by atoms with Crippen LogP contribution in [0.4, 0.5) is 0 Å². The number of hydrogen-bond donors (Lipinski definition) is 0. The highest BCUT2D eigenvalue weighted by atomic mass is 16.6. The van der Waals surface area contributed by atoms with E-state index in [1.807, 2.05) is 13.8 Å². The minimum Gasteiger partial charge on any atom is -0.455 e. The van der Waals surface area contributed by atoms with Crippen molar-refractivity contribution in [2.75, 3.05) is 0 Å². The second kappa shape index (κ2) is 10.2. The Labute approximate surface area is 139 Å². The highest BCUT2D eigenvalue weighted by Gasteiger charge is 2.27. The molecule has 0 radical (unpaired) electrons. The number of ether oxygens (including phenoxy) is 2. The van der Waals surface area contributed by atoms with Crippen LogP contribution in [0.3, 0.4) is 0 Å². The molecular formula is C19H30O4. The van der Waals surface area contributed by atoms with Crippen LogP contribution in [-0.4, -0.2) is 18.0 Å². The fourth-order valence-corrected chi connectivity index (χ4v) is 2.52. The Morgan fingerprint density at radius 1 is 0.913 bits per heavy atom. The van der Waals surface area contributed by atoms with Gasteiger partial charge in [0.05, 0.1) is 0 Å². The summed E-state index contributed by atoms with van der Waals surface area (Å²) in [6.45, 7) is 8.01. The lowest BCUT2D eigenvalue weighted by molar-refractivity contribution is -0.143. The van der Waals surface area contributed by atoms with Crippen molar-refractivity contribution in [1.29, 1.82) is 0 Å². The minimum absolute atomic E-state index is 0.340. The van der Waals surface area contributed by atoms with Gasteiger partial charge >= 0.3 is 11.9 Å². The van der Waals surface area contributed by atoms with Gasteiger partial charge in [0.1, 0.15) is 11.9 Å². The highest BCUT2D eigenvalue weighted by Crippen LogP contribution is 2.25. The molecule has 0 aromatic heterocycles. The van der Waals surface area contributed by atoms with Crippen LogP contribution in [0.2, 0.25) is 0 Å². The molecule has 0 spiro atoms. The summed E-state index contributed by atoms with van der Waals surface area (Å²) >= 11 is 0. The van der Waals surface area contributed by atoms with Gasteiger partial charge in [-0.05, 0) is 38.2 Å². The molecule has 0 bridgehead atoms. The average molecular weight is 322 g/mol. The predicted molar refractivity (Wildman–Crippen MR) is 90.7 cm³/mol. The lowest BCUT2D eigenvalue weighted by Gasteiger charge is -2.15. The van der Waals surface area contributed by atoms with E-state index in [1.54, 1.807) is 6.08 Å². The van der Waals surface area contributed by atoms with Gasteiger partial charge in [0.2, 0.25) is 0 Å². The van der Waals surface area contributed by atoms with E-state index in [0.717, 1.165) is 25.7 Å². The van der Waals surface area contributed by atoms with Crippen molar-refractivity contribution in [3.8, 4) is 0 Å². The molecule has 1 rings (SSSR count). The second-order valence-electron chi connectivity index (χ2n) is 5.89. The Bertz CT molecular complexity index is 474. The van der Waals surface area contributed by atoms with E-state index < -0.39 is 0 Å². The molecule has 0 N–H and O–H groups in total. The molecule has 1 aliphatic heterocycles. The molecule has 4 nitrogen and oxygen atoms in total. The average Bonchev–Trinajstić information content (AvgIpc) is 2.59. The van der Waals surface area contributed by atoms with E-state index in [-0.39, 0.29) is 18.0 Å². The van der Waals surface area contributed by atoms with Gasteiger partial charge in [-0.3, -0.25) is 0 Å². The van der Waals surface area contributed by atoms with Crippen molar-refractivity contribution >= 4 is 11.9 Å². The molecule has 0 amide bonds. The first-order valence-corrected chi connectivity index (χ1v) is 8.93. The molecule has 0 saturated heterocycles. The number of carbonyl (C=O) groups excluding carboxylic acids is 2. The summed E-state index contributed by atoms with van der Waals surface area (Å²) in [5.41, 5.74) is 1.01. The molecule has 1 aliphatic rings. The number of cyclic esters (lactones) is 2. The third kappa shape index (κ3) is 5.85. The van der Waals surface area contributed by atoms with Gasteiger partial charge in [-0.2, -0.15) is 0 Å². The molecule has 1 heterocycles. The summed E-state index contributed by atoms with van der Waals surface area (Å²) in [5, 5.41) is 0. The van der Waals surface area contributed by atoms with E-state index >= 15 is 0 Å². The molecule has 130 valence electrons. The molecule has 1 atom stereocenters. The molecule has 0 aromatic rings. The van der Waals surface area contributed by atoms with Crippen LogP contribution in [0.25, 0.3) is 0 Å². The molecule has 1 unspecified atom stereocenters. The monoisotopic (exact) mass is 322 g/mol. The first kappa shape index (κ1) is 19.5. The largest absolute Gasteiger partial charge is 0.455 e. The zero-order valence-electron chi connectivity index (χ0n) is 14.9. The Morgan fingerprint density at radius 2 is 1.48 bits per heavy atom. The van der Waals surface area contributed by atoms with E-state index in [0.29, 0.717) is 42.6 Å². The number of hydrogen-bond acceptors (Lipinski definition) is 4. The fourth-order valence-electron chi connectivity index (χ4n) is 2.52. The van der Waals surface area contributed by atoms with Crippen molar-refractivity contribution in [3.05, 3.63) is 23.0 Å². The summed E-state index contributed by atoms with van der Waals surface area (Å²) in [4.78, 5) is 25.2. The predicted octanol–water partition coefficient (Wildman–Crippen LogP) is 4.84. The number of rotatable bonds is 8. The van der Waals surface area contributed by atoms with Gasteiger partial charge < -0.3 is 9.47 Å². The van der Waals surface area contributed by atoms with E-state index in [9.17, 15) is 9.59 Å². The number of allylic oxidation sites excluding steroid dienone is 1. The van der Waals surface area contributed by atoms with Crippen LogP contribution in [0.15, 0.2) is 23.0 Å². The highest BCUT2D eigenvalue weighted by molar-refractivity contribution is 6.01. The van der Waals surface area contributed by atoms with Crippen LogP contribution in [0.1, 0.15) is 79.1 Å². The Kier molecular flexibility index (Phi) is 8.67. The van der Waals surface area contributed by atoms with Crippen molar-refractivity contribution in [1.82, 2.24) is 0 Å². The summed E-state index contributed by atoms with van der Waals surface area (Å²) < 4.78 is 11.2. The van der Waals surface area contributed by atoms with Crippen LogP contribution in [0, 0.1) is 0 Å². The topological polar surface area (TPSA) is 52.6 Å². The molecule has 0 fully saturated rings. The van der Waals surface area contributed by atoms with E-state index in [2.05, 4.69) is 13.8 Å². The SMILES string of the molecule is CCCC/C1=C(\CCCC)C(=O)OC(CC)/C=C(/CC)OC1=O. The summed E-state index contributed by atoms with van der Waals surface area (Å²) in [6, 6.07) is 0. The standard InChI is InChI=1S/C19H30O4/c1-5-9-11-16-17(12-10-6-2)19(21)23-15(8-4)13-14(7-3)22-18(16)20/h13-14H,5-12H2,1-4H3/b15-13-,17-16-. The van der Waals surface area contributed by atoms with Gasteiger partial charge in [0, 0.05) is 17.6 Å². The fraction of sp³-hybridized carbons (Fsp3) is 0.684. The summed E-state index contributed by atoms with van der Waals surface area (Å²) in [5.74, 6) is -0.159. The van der Waals surface area contributed by atoms with Gasteiger partial charge in [-0.25, -0.2) is 9.59 Å². The maximum atomic E-state index is 12.6. The third-order valence-electron chi connectivity index (χ3n) is 4.02. The Balaban J connectivity index is 3.24. The van der Waals surface area contributed by atoms with Crippen LogP contribution in [-0.2, 0) is 19.1 Å². The normalized spacial score (nSPS) is 24.9. The maximum Gasteiger partial charge on any atom is 0.339 e. The minimum atomic E-state index is -0.383. The number of esters is 2. The maximum absolute atomic E-state index is 12.6. The zero-order valence-corrected chi connectivity index (χ0v) is 14.9. The second-order valence-corrected chi connectivity index (χ2v) is 5.89. The van der Waals surface area contributed by atoms with Crippen LogP contribution in [0.5, 0.6) is 0 Å². The first-order chi connectivity index (χ1) is 11.1. The zero-order chi connectivity index (χ0) is 17.2. The quantitative estimate of drug-likeness (QED) is 0.600. The lowest BCUT2D eigenvalue weighted by Crippen LogP contribution is -2.19. The van der Waals surface area contributed by atoms with Crippen LogP contribution < -0.4 is 0 Å². The first-order valence-electron chi connectivity index (χ1n) is 8.93. The molecule has 0 aliphatic carbocycles. The smallest absolute Gasteiger partial charge is 0.339 e. The van der Waals surface area contributed by atoms with Gasteiger partial charge in [-0.15, -0.1) is 0 Å². The number of carbonyl (C=O) groups is 2. The molecule has 0 aromatic carbocycles. The van der Waals surface area contributed by atoms with E-state index in [4.69, 9.17) is 9.47 Å². The Hall–Kier alpha value is -1.58. The third-order valence-corrected chi connectivity index (χ3v) is 4.02. The lowest BCUT2D eigenvalue weighted by atomic mass is 9.98. The summed E-state index contributed by atoms with van der Waals surface area (Å²) in [7, 11) is 0. The molecular weight excluding hydrogens is 292 g/mol. The van der Waals surface area contributed by atoms with Crippen molar-refractivity contribution in [2.45, 2.75) is 85.2 Å².